The summed E-state index contributed by atoms with van der Waals surface area (Å²) in [5.41, 5.74) is 5.90. The first-order valence-corrected chi connectivity index (χ1v) is 29.9. The second kappa shape index (κ2) is 22.6. The standard InChI is InChI=1S/C27H42N4O7S2.C20H34N2O6S2/c1-25(2)37-24-23(34)20(36-22(33)13-19-6-12-39-40-19)16-35-27(24,38-25)17-30-10-7-26(3,8-11-30)29-15-21(32)31-9-4-5-18(31)14-28;1-18(2)27-17-16(24)14(26-15(23)10-13-4-9-29-30-13)11-25-20(17,28-18)12-22-7-5-19(3,21)6-8-22/h18-20,23-24,29,34H,4-13,15-17H2,1-3H3;13-14,16-17,24H,4-12,21H2,1-3H3/t18-,19?,20+,23+,24-,27-;13?,14-,16-,17+,20+/m01/s1. The van der Waals surface area contributed by atoms with Gasteiger partial charge in [-0.1, -0.05) is 43.2 Å². The van der Waals surface area contributed by atoms with E-state index < -0.39 is 59.8 Å². The molecule has 70 heavy (non-hydrogen) atoms. The number of carbonyl (C=O) groups excluding carboxylic acids is 3. The third-order valence-corrected chi connectivity index (χ3v) is 20.8. The van der Waals surface area contributed by atoms with Gasteiger partial charge in [-0.05, 0) is 92.9 Å². The van der Waals surface area contributed by atoms with Gasteiger partial charge in [0.15, 0.2) is 23.8 Å². The van der Waals surface area contributed by atoms with Gasteiger partial charge in [0, 0.05) is 65.8 Å². The summed E-state index contributed by atoms with van der Waals surface area (Å²) in [5, 5.41) is 35.6. The molecule has 9 heterocycles. The number of ether oxygens (including phenoxy) is 8. The van der Waals surface area contributed by atoms with E-state index in [1.54, 1.807) is 61.9 Å². The number of carbonyl (C=O) groups is 3. The quantitative estimate of drug-likeness (QED) is 0.153. The van der Waals surface area contributed by atoms with Gasteiger partial charge < -0.3 is 64.1 Å². The van der Waals surface area contributed by atoms with Gasteiger partial charge in [0.05, 0.1) is 51.8 Å². The highest BCUT2D eigenvalue weighted by molar-refractivity contribution is 8.77. The van der Waals surface area contributed by atoms with Crippen molar-refractivity contribution < 1.29 is 62.5 Å². The summed E-state index contributed by atoms with van der Waals surface area (Å²) in [7, 11) is 7.00. The van der Waals surface area contributed by atoms with Crippen LogP contribution in [0, 0.1) is 11.3 Å². The minimum absolute atomic E-state index is 0.0195. The number of nitriles is 1. The van der Waals surface area contributed by atoms with Crippen LogP contribution in [0.1, 0.15) is 106 Å². The Morgan fingerprint density at radius 2 is 1.20 bits per heavy atom. The molecule has 1 amide bonds. The van der Waals surface area contributed by atoms with Crippen LogP contribution in [-0.4, -0.2) is 207 Å². The zero-order chi connectivity index (χ0) is 50.1. The van der Waals surface area contributed by atoms with Crippen molar-refractivity contribution in [3.63, 3.8) is 0 Å². The fraction of sp³-hybridized carbons (Fsp3) is 0.915. The number of rotatable bonds is 13. The molecule has 19 nitrogen and oxygen atoms in total. The Labute approximate surface area is 428 Å². The van der Waals surface area contributed by atoms with Crippen molar-refractivity contribution in [2.45, 2.75) is 193 Å². The van der Waals surface area contributed by atoms with E-state index >= 15 is 0 Å². The maximum absolute atomic E-state index is 12.7. The maximum Gasteiger partial charge on any atom is 0.307 e. The topological polar surface area (TPSA) is 237 Å². The molecule has 0 aromatic rings. The lowest BCUT2D eigenvalue weighted by Crippen LogP contribution is -2.65. The normalized spacial score (nSPS) is 38.7. The molecule has 0 radical (unpaired) electrons. The van der Waals surface area contributed by atoms with E-state index in [0.717, 1.165) is 89.1 Å². The van der Waals surface area contributed by atoms with E-state index in [0.29, 0.717) is 32.5 Å². The number of piperidine rings is 2. The molecule has 9 aliphatic rings. The molecular weight excluding hydrogens is 985 g/mol. The van der Waals surface area contributed by atoms with Crippen molar-refractivity contribution in [1.82, 2.24) is 20.0 Å². The molecule has 0 spiro atoms. The average molecular weight is 1060 g/mol. The van der Waals surface area contributed by atoms with Crippen LogP contribution in [0.2, 0.25) is 0 Å². The summed E-state index contributed by atoms with van der Waals surface area (Å²) < 4.78 is 48.4. The minimum atomic E-state index is -1.18. The predicted molar refractivity (Wildman–Crippen MR) is 266 cm³/mol. The lowest BCUT2D eigenvalue weighted by Gasteiger charge is -2.47. The molecule has 9 rings (SSSR count). The summed E-state index contributed by atoms with van der Waals surface area (Å²) in [4.78, 5) is 43.8. The molecule has 5 N–H and O–H groups in total. The van der Waals surface area contributed by atoms with Gasteiger partial charge in [-0.2, -0.15) is 5.26 Å². The number of nitrogens with two attached hydrogens (primary N) is 1. The number of esters is 2. The fourth-order valence-corrected chi connectivity index (χ4v) is 16.7. The number of fused-ring (bicyclic) bond motifs is 2. The minimum Gasteiger partial charge on any atom is -0.457 e. The number of nitrogens with zero attached hydrogens (tertiary/aromatic N) is 4. The first-order chi connectivity index (χ1) is 33.1. The summed E-state index contributed by atoms with van der Waals surface area (Å²) in [5.74, 6) is -2.69. The fourth-order valence-electron chi connectivity index (χ4n) is 10.9. The average Bonchev–Trinajstić information content (AvgIpc) is 4.16. The Bertz CT molecular complexity index is 1870. The zero-order valence-electron chi connectivity index (χ0n) is 41.6. The maximum atomic E-state index is 12.7. The molecule has 11 atom stereocenters. The van der Waals surface area contributed by atoms with E-state index in [1.165, 1.54) is 0 Å². The molecule has 23 heteroatoms. The number of amides is 1. The van der Waals surface area contributed by atoms with Crippen molar-refractivity contribution >= 4 is 61.0 Å². The lowest BCUT2D eigenvalue weighted by atomic mass is 9.88. The largest absolute Gasteiger partial charge is 0.457 e. The van der Waals surface area contributed by atoms with Crippen molar-refractivity contribution in [3.8, 4) is 6.07 Å². The summed E-state index contributed by atoms with van der Waals surface area (Å²) in [6.07, 6.45) is 2.48. The highest BCUT2D eigenvalue weighted by Gasteiger charge is 2.64. The van der Waals surface area contributed by atoms with Crippen molar-refractivity contribution in [2.24, 2.45) is 5.73 Å². The van der Waals surface area contributed by atoms with E-state index in [1.807, 2.05) is 13.8 Å². The number of aliphatic hydroxyl groups excluding tert-OH is 2. The number of hydrogen-bond acceptors (Lipinski definition) is 22. The van der Waals surface area contributed by atoms with E-state index in [9.17, 15) is 29.9 Å². The first kappa shape index (κ1) is 55.1. The Hall–Kier alpha value is -1.18. The van der Waals surface area contributed by atoms with Crippen LogP contribution < -0.4 is 11.1 Å². The Balaban J connectivity index is 0.000000196. The highest BCUT2D eigenvalue weighted by Crippen LogP contribution is 2.46. The molecule has 9 fully saturated rings. The van der Waals surface area contributed by atoms with Crippen LogP contribution in [0.15, 0.2) is 0 Å². The number of aliphatic hydroxyl groups is 2. The van der Waals surface area contributed by atoms with Crippen LogP contribution in [-0.2, 0) is 52.3 Å². The van der Waals surface area contributed by atoms with Crippen molar-refractivity contribution in [1.29, 1.82) is 5.26 Å². The van der Waals surface area contributed by atoms with Crippen LogP contribution in [0.5, 0.6) is 0 Å². The van der Waals surface area contributed by atoms with Crippen molar-refractivity contribution in [2.75, 3.05) is 77.1 Å². The van der Waals surface area contributed by atoms with Gasteiger partial charge in [-0.25, -0.2) is 0 Å². The second-order valence-electron chi connectivity index (χ2n) is 21.9. The third-order valence-electron chi connectivity index (χ3n) is 14.9. The highest BCUT2D eigenvalue weighted by atomic mass is 33.1. The Morgan fingerprint density at radius 3 is 1.64 bits per heavy atom. The smallest absolute Gasteiger partial charge is 0.307 e. The molecule has 9 aliphatic heterocycles. The summed E-state index contributed by atoms with van der Waals surface area (Å²) >= 11 is 0. The van der Waals surface area contributed by atoms with Gasteiger partial charge in [0.1, 0.15) is 30.5 Å². The van der Waals surface area contributed by atoms with Gasteiger partial charge in [0.2, 0.25) is 17.5 Å². The van der Waals surface area contributed by atoms with Gasteiger partial charge in [0.25, 0.3) is 0 Å². The van der Waals surface area contributed by atoms with Crippen LogP contribution >= 0.6 is 43.2 Å². The number of likely N-dealkylation sites (tertiary alicyclic amines) is 3. The predicted octanol–water partition coefficient (Wildman–Crippen LogP) is 3.13. The Morgan fingerprint density at radius 1 is 0.729 bits per heavy atom. The molecule has 0 aromatic heterocycles. The molecule has 0 aliphatic carbocycles. The Kier molecular flexibility index (Phi) is 17.8. The second-order valence-corrected chi connectivity index (χ2v) is 27.5. The number of hydrogen-bond donors (Lipinski definition) is 4. The zero-order valence-corrected chi connectivity index (χ0v) is 44.9. The van der Waals surface area contributed by atoms with Crippen LogP contribution in [0.4, 0.5) is 0 Å². The van der Waals surface area contributed by atoms with E-state index in [4.69, 9.17) is 43.6 Å². The third kappa shape index (κ3) is 13.4. The molecule has 0 saturated carbocycles. The van der Waals surface area contributed by atoms with E-state index in [-0.39, 0.29) is 65.2 Å². The van der Waals surface area contributed by atoms with Gasteiger partial charge in [-0.15, -0.1) is 0 Å². The monoisotopic (exact) mass is 1060 g/mol. The van der Waals surface area contributed by atoms with Gasteiger partial charge in [-0.3, -0.25) is 24.2 Å². The SMILES string of the molecule is CC1(N)CCN(C[C@@]23OC[C@@H](OC(=O)CC4CCSS4)[C@@H](O)[C@@H]2OC(C)(C)O3)CC1.CC1(NCC(=O)N2CCC[C@H]2C#N)CCN(C[C@@]23OC[C@@H](OC(=O)CC4CCSS4)[C@@H](O)[C@@H]2OC(C)(C)O3)CC1. The summed E-state index contributed by atoms with van der Waals surface area (Å²) in [6, 6.07) is 1.92. The van der Waals surface area contributed by atoms with Crippen molar-refractivity contribution in [3.05, 3.63) is 0 Å². The molecule has 0 bridgehead atoms. The molecule has 0 aromatic carbocycles. The molecule has 2 unspecified atom stereocenters. The van der Waals surface area contributed by atoms with Crippen LogP contribution in [0.25, 0.3) is 0 Å². The molecular formula is C47H76N6O13S4. The molecule has 9 saturated heterocycles. The van der Waals surface area contributed by atoms with Crippen LogP contribution in [0.3, 0.4) is 0 Å². The summed E-state index contributed by atoms with van der Waals surface area (Å²) in [6.45, 7) is 16.4. The van der Waals surface area contributed by atoms with Gasteiger partial charge >= 0.3 is 11.9 Å². The number of nitrogens with one attached hydrogen (secondary N) is 1. The lowest BCUT2D eigenvalue weighted by molar-refractivity contribution is -0.299. The van der Waals surface area contributed by atoms with E-state index in [2.05, 4.69) is 35.0 Å². The molecule has 396 valence electrons. The first-order valence-electron chi connectivity index (χ1n) is 25.1.